The molecule has 0 saturated heterocycles. The van der Waals surface area contributed by atoms with Gasteiger partial charge in [0.25, 0.3) is 0 Å². The zero-order chi connectivity index (χ0) is 88.6. The number of aromatic nitrogens is 16. The van der Waals surface area contributed by atoms with E-state index in [1.807, 2.05) is 74.2 Å². The van der Waals surface area contributed by atoms with E-state index in [1.54, 1.807) is 31.0 Å². The third-order valence-electron chi connectivity index (χ3n) is 22.1. The maximum Gasteiger partial charge on any atom is 0.213 e. The lowest BCUT2D eigenvalue weighted by atomic mass is 10.0. The molecule has 0 spiro atoms. The van der Waals surface area contributed by atoms with Crippen LogP contribution in [-0.2, 0) is 48.7 Å². The van der Waals surface area contributed by atoms with Crippen LogP contribution in [0.15, 0.2) is 360 Å². The van der Waals surface area contributed by atoms with Crippen molar-refractivity contribution in [1.29, 1.82) is 0 Å². The second-order valence-corrected chi connectivity index (χ2v) is 31.6. The number of rotatable bonds is 14. The molecule has 16 heteroatoms. The van der Waals surface area contributed by atoms with Gasteiger partial charge in [-0.3, -0.25) is 19.9 Å². The Morgan fingerprint density at radius 1 is 0.246 bits per heavy atom. The van der Waals surface area contributed by atoms with E-state index in [1.165, 1.54) is 106 Å². The minimum absolute atomic E-state index is 0.325. The van der Waals surface area contributed by atoms with Crippen LogP contribution >= 0.6 is 0 Å². The van der Waals surface area contributed by atoms with Crippen LogP contribution in [-0.4, -0.2) is 49.8 Å². The van der Waals surface area contributed by atoms with Gasteiger partial charge in [0.1, 0.15) is 59.8 Å². The van der Waals surface area contributed by atoms with Gasteiger partial charge in [-0.1, -0.05) is 142 Å². The maximum atomic E-state index is 4.71. The van der Waals surface area contributed by atoms with Crippen molar-refractivity contribution in [3.63, 3.8) is 0 Å². The Balaban J connectivity index is 0.000000130. The van der Waals surface area contributed by atoms with Crippen LogP contribution in [0.1, 0.15) is 77.5 Å². The molecular weight excluding hydrogens is 1550 g/mol. The average Bonchev–Trinajstić information content (AvgIpc) is 0.840. The Hall–Kier alpha value is -15.2. The quantitative estimate of drug-likeness (QED) is 0.0962. The van der Waals surface area contributed by atoms with Crippen LogP contribution in [0.4, 0.5) is 0 Å². The maximum absolute atomic E-state index is 4.71. The molecule has 12 heterocycles. The number of pyridine rings is 8. The minimum Gasteiger partial charge on any atom is -0.264 e. The molecule has 0 N–H and O–H groups in total. The molecule has 18 aromatic rings. The summed E-state index contributed by atoms with van der Waals surface area (Å²) in [5, 5.41) is 0. The smallest absolute Gasteiger partial charge is 0.213 e. The summed E-state index contributed by atoms with van der Waals surface area (Å²) in [6.45, 7) is 21.0. The van der Waals surface area contributed by atoms with Crippen molar-refractivity contribution in [1.82, 2.24) is 49.8 Å². The van der Waals surface area contributed by atoms with Crippen LogP contribution in [0.2, 0.25) is 0 Å². The molecule has 0 unspecified atom stereocenters. The van der Waals surface area contributed by atoms with E-state index in [2.05, 4.69) is 438 Å². The van der Waals surface area contributed by atoms with Crippen LogP contribution in [0.5, 0.6) is 0 Å². The van der Waals surface area contributed by atoms with E-state index in [0.717, 1.165) is 85.7 Å². The summed E-state index contributed by atoms with van der Waals surface area (Å²) in [4.78, 5) is 43.8. The Morgan fingerprint density at radius 2 is 0.571 bits per heavy atom. The van der Waals surface area contributed by atoms with Crippen LogP contribution in [0.3, 0.4) is 0 Å². The first-order valence-electron chi connectivity index (χ1n) is 42.5. The lowest BCUT2D eigenvalue weighted by Gasteiger charge is -2.08. The van der Waals surface area contributed by atoms with Gasteiger partial charge in [-0.2, -0.15) is 0 Å². The van der Waals surface area contributed by atoms with Gasteiger partial charge in [0.15, 0.2) is 37.2 Å². The number of benzene rings is 6. The molecule has 0 saturated carbocycles. The summed E-state index contributed by atoms with van der Waals surface area (Å²) in [6.07, 6.45) is 29.6. The van der Waals surface area contributed by atoms with Gasteiger partial charge < -0.3 is 0 Å². The first-order chi connectivity index (χ1) is 61.2. The highest BCUT2D eigenvalue weighted by atomic mass is 15.0. The van der Waals surface area contributed by atoms with Gasteiger partial charge in [0, 0.05) is 201 Å². The predicted octanol–water partition coefficient (Wildman–Crippen LogP) is 20.9. The van der Waals surface area contributed by atoms with Gasteiger partial charge >= 0.3 is 0 Å². The van der Waals surface area contributed by atoms with Crippen molar-refractivity contribution in [2.24, 2.45) is 42.3 Å². The molecule has 126 heavy (non-hydrogen) atoms. The molecule has 0 aliphatic carbocycles. The summed E-state index contributed by atoms with van der Waals surface area (Å²) >= 11 is 0. The van der Waals surface area contributed by atoms with Gasteiger partial charge in [-0.05, 0) is 160 Å². The highest BCUT2D eigenvalue weighted by molar-refractivity contribution is 5.74. The molecule has 0 amide bonds. The standard InChI is InChI=1S/C20H22N3.C19H20N3.C18H18N3.2C18H17N2.C17H16N3/c1-14(2)20-21-11-9-18(22-20)16-10-12-23(4)19(13-16)17-8-6-5-7-15(17)3;1-4-19-20-11-9-17(21-19)15-10-12-22(3)18(13-15)16-8-6-5-7-14(16)2;1-13-6-4-5-7-16(13)18-12-15(9-11-21(18)3)17-8-10-19-14(2)20-17;1-14-7-3-4-8-16(14)18-13-15(10-12-20(18)2)17-9-5-6-11-19-17;1-14-6-3-4-8-17(14)18-12-15(9-11-20(18)2)16-7-5-10-19-13-16;1-13-5-3-4-6-15(13)17-11-14(7-10-20(17)2)16-12-18-8-9-19-16/h5-14H,1-4H3;5-13H,4H2,1-3H3;4-12H,1-3H3;2*3-13H,1-2H3;3-12H,1-2H3/q6*+1. The van der Waals surface area contributed by atoms with Crippen LogP contribution < -0.4 is 27.4 Å². The largest absolute Gasteiger partial charge is 0.264 e. The van der Waals surface area contributed by atoms with Gasteiger partial charge in [-0.15, -0.1) is 0 Å². The number of aryl methyl sites for hydroxylation is 14. The van der Waals surface area contributed by atoms with E-state index in [4.69, 9.17) is 4.98 Å². The Labute approximate surface area is 742 Å². The van der Waals surface area contributed by atoms with Gasteiger partial charge in [0.2, 0.25) is 34.2 Å². The lowest BCUT2D eigenvalue weighted by Crippen LogP contribution is -2.30. The van der Waals surface area contributed by atoms with E-state index in [0.29, 0.717) is 5.92 Å². The van der Waals surface area contributed by atoms with Crippen molar-refractivity contribution in [2.75, 3.05) is 0 Å². The third kappa shape index (κ3) is 22.6. The van der Waals surface area contributed by atoms with Gasteiger partial charge in [0.05, 0.1) is 34.7 Å². The number of nitrogens with zero attached hydrogens (tertiary/aromatic N) is 16. The van der Waals surface area contributed by atoms with Crippen molar-refractivity contribution < 1.29 is 27.4 Å². The molecule has 18 rings (SSSR count). The first kappa shape index (κ1) is 88.6. The summed E-state index contributed by atoms with van der Waals surface area (Å²) in [7, 11) is 12.4. The zero-order valence-electron chi connectivity index (χ0n) is 75.0. The highest BCUT2D eigenvalue weighted by Crippen LogP contribution is 2.32. The molecule has 0 atom stereocenters. The van der Waals surface area contributed by atoms with E-state index >= 15 is 0 Å². The fourth-order valence-electron chi connectivity index (χ4n) is 14.8. The Kier molecular flexibility index (Phi) is 29.9. The van der Waals surface area contributed by atoms with Crippen molar-refractivity contribution >= 4 is 0 Å². The molecular formula is C110H110N16+6. The Morgan fingerprint density at radius 3 is 0.913 bits per heavy atom. The molecule has 0 bridgehead atoms. The summed E-state index contributed by atoms with van der Waals surface area (Å²) in [6, 6.07) is 92.3. The SMILES string of the molecule is CCc1nccc(-c2cc[n+](C)c(-c3ccccc3C)c2)n1.Cc1ccccc1-c1cc(-c2ccccn2)cc[n+]1C.Cc1ccccc1-c1cc(-c2cccnc2)cc[n+]1C.Cc1ccccc1-c1cc(-c2ccnc(C(C)C)n2)cc[n+]1C.Cc1ccccc1-c1cc(-c2cnccn2)cc[n+]1C.Cc1nccc(-c2cc[n+](C)c(-c3ccccc3C)c2)n1. The van der Waals surface area contributed by atoms with Gasteiger partial charge in [-0.25, -0.2) is 57.3 Å². The highest BCUT2D eigenvalue weighted by Gasteiger charge is 2.22. The van der Waals surface area contributed by atoms with Crippen molar-refractivity contribution in [2.45, 2.75) is 81.6 Å². The fraction of sp³-hybridized carbons (Fsp3) is 0.164. The average molecular weight is 1660 g/mol. The molecule has 0 aliphatic rings. The Bertz CT molecular complexity index is 6420. The second-order valence-electron chi connectivity index (χ2n) is 31.6. The van der Waals surface area contributed by atoms with Crippen molar-refractivity contribution in [3.8, 4) is 135 Å². The topological polar surface area (TPSA) is 152 Å². The fourth-order valence-corrected chi connectivity index (χ4v) is 14.8. The number of hydrogen-bond donors (Lipinski definition) is 0. The monoisotopic (exact) mass is 1650 g/mol. The lowest BCUT2D eigenvalue weighted by molar-refractivity contribution is -0.660. The second kappa shape index (κ2) is 42.6. The number of hydrogen-bond acceptors (Lipinski definition) is 10. The zero-order valence-corrected chi connectivity index (χ0v) is 75.0. The predicted molar refractivity (Wildman–Crippen MR) is 506 cm³/mol. The van der Waals surface area contributed by atoms with Crippen LogP contribution in [0.25, 0.3) is 135 Å². The summed E-state index contributed by atoms with van der Waals surface area (Å²) < 4.78 is 12.9. The van der Waals surface area contributed by atoms with E-state index in [9.17, 15) is 0 Å². The molecule has 0 aliphatic heterocycles. The summed E-state index contributed by atoms with van der Waals surface area (Å²) in [5.74, 6) is 2.88. The minimum atomic E-state index is 0.325. The normalized spacial score (nSPS) is 10.6. The van der Waals surface area contributed by atoms with E-state index in [-0.39, 0.29) is 0 Å². The third-order valence-corrected chi connectivity index (χ3v) is 22.1. The molecule has 0 fully saturated rings. The first-order valence-corrected chi connectivity index (χ1v) is 42.5. The summed E-state index contributed by atoms with van der Waals surface area (Å²) in [5.41, 5.74) is 35.0. The molecule has 6 aromatic carbocycles. The molecule has 12 aromatic heterocycles. The molecule has 0 radical (unpaired) electrons. The van der Waals surface area contributed by atoms with E-state index < -0.39 is 0 Å². The molecule has 624 valence electrons. The molecule has 16 nitrogen and oxygen atoms in total. The van der Waals surface area contributed by atoms with Crippen molar-refractivity contribution in [3.05, 3.63) is 411 Å². The van der Waals surface area contributed by atoms with Crippen LogP contribution in [0, 0.1) is 48.5 Å².